The standard InChI is InChI=1S/C17H17N5O4/c1-22(17-18-8-3-9-19-17)10-15(23)25-11-14-20-21-16(26-14)12-4-6-13(24-2)7-5-12/h3-9H,10-11H2,1-2H3. The lowest BCUT2D eigenvalue weighted by atomic mass is 10.2. The summed E-state index contributed by atoms with van der Waals surface area (Å²) in [6.45, 7) is -0.102. The average Bonchev–Trinajstić information content (AvgIpc) is 3.16. The number of anilines is 1. The molecule has 0 fully saturated rings. The van der Waals surface area contributed by atoms with Crippen molar-refractivity contribution in [2.75, 3.05) is 25.6 Å². The third-order valence-electron chi connectivity index (χ3n) is 3.42. The van der Waals surface area contributed by atoms with E-state index in [0.717, 1.165) is 11.3 Å². The molecule has 3 rings (SSSR count). The van der Waals surface area contributed by atoms with E-state index >= 15 is 0 Å². The number of ether oxygens (including phenoxy) is 2. The van der Waals surface area contributed by atoms with Crippen LogP contribution in [0.3, 0.4) is 0 Å². The number of carbonyl (C=O) groups is 1. The number of rotatable bonds is 7. The third-order valence-corrected chi connectivity index (χ3v) is 3.42. The summed E-state index contributed by atoms with van der Waals surface area (Å²) in [5.41, 5.74) is 0.747. The third kappa shape index (κ3) is 4.32. The van der Waals surface area contributed by atoms with Crippen molar-refractivity contribution in [3.05, 3.63) is 48.6 Å². The SMILES string of the molecule is COc1ccc(-c2nnc(COC(=O)CN(C)c3ncccn3)o2)cc1. The molecule has 0 atom stereocenters. The summed E-state index contributed by atoms with van der Waals surface area (Å²) in [6.07, 6.45) is 3.20. The molecule has 3 aromatic rings. The van der Waals surface area contributed by atoms with Gasteiger partial charge in [0.25, 0.3) is 5.89 Å². The van der Waals surface area contributed by atoms with Crippen LogP contribution in [-0.2, 0) is 16.1 Å². The Kier molecular flexibility index (Phi) is 5.37. The lowest BCUT2D eigenvalue weighted by molar-refractivity contribution is -0.143. The minimum atomic E-state index is -0.454. The second-order valence-electron chi connectivity index (χ2n) is 5.29. The molecule has 0 bridgehead atoms. The van der Waals surface area contributed by atoms with Crippen LogP contribution in [0.5, 0.6) is 5.75 Å². The van der Waals surface area contributed by atoms with Gasteiger partial charge in [0.1, 0.15) is 12.3 Å². The van der Waals surface area contributed by atoms with Crippen LogP contribution in [0, 0.1) is 0 Å². The zero-order chi connectivity index (χ0) is 18.4. The van der Waals surface area contributed by atoms with Gasteiger partial charge in [0.2, 0.25) is 11.8 Å². The Balaban J connectivity index is 1.53. The van der Waals surface area contributed by atoms with Crippen LogP contribution in [0.15, 0.2) is 47.1 Å². The van der Waals surface area contributed by atoms with Gasteiger partial charge in [-0.25, -0.2) is 9.97 Å². The molecule has 134 valence electrons. The monoisotopic (exact) mass is 355 g/mol. The summed E-state index contributed by atoms with van der Waals surface area (Å²) < 4.78 is 15.8. The van der Waals surface area contributed by atoms with Crippen LogP contribution in [-0.4, -0.2) is 46.8 Å². The fourth-order valence-electron chi connectivity index (χ4n) is 2.10. The number of benzene rings is 1. The van der Waals surface area contributed by atoms with Gasteiger partial charge in [-0.05, 0) is 30.3 Å². The molecule has 0 aliphatic carbocycles. The van der Waals surface area contributed by atoms with E-state index in [1.165, 1.54) is 0 Å². The van der Waals surface area contributed by atoms with Crippen LogP contribution in [0.1, 0.15) is 5.89 Å². The average molecular weight is 355 g/mol. The van der Waals surface area contributed by atoms with Crippen molar-refractivity contribution < 1.29 is 18.7 Å². The molecule has 0 radical (unpaired) electrons. The first-order valence-electron chi connectivity index (χ1n) is 7.76. The van der Waals surface area contributed by atoms with E-state index in [0.29, 0.717) is 11.8 Å². The smallest absolute Gasteiger partial charge is 0.326 e. The minimum Gasteiger partial charge on any atom is -0.497 e. The molecule has 0 amide bonds. The van der Waals surface area contributed by atoms with Crippen molar-refractivity contribution in [3.63, 3.8) is 0 Å². The molecule has 9 nitrogen and oxygen atoms in total. The highest BCUT2D eigenvalue weighted by Gasteiger charge is 2.14. The first-order valence-corrected chi connectivity index (χ1v) is 7.76. The molecule has 0 aliphatic rings. The summed E-state index contributed by atoms with van der Waals surface area (Å²) in [5, 5.41) is 7.83. The van der Waals surface area contributed by atoms with E-state index in [2.05, 4.69) is 20.2 Å². The first kappa shape index (κ1) is 17.3. The quantitative estimate of drug-likeness (QED) is 0.586. The summed E-state index contributed by atoms with van der Waals surface area (Å²) in [5.74, 6) is 1.26. The summed E-state index contributed by atoms with van der Waals surface area (Å²) in [4.78, 5) is 21.6. The van der Waals surface area contributed by atoms with Crippen LogP contribution in [0.2, 0.25) is 0 Å². The molecular weight excluding hydrogens is 338 g/mol. The number of esters is 1. The number of hydrogen-bond acceptors (Lipinski definition) is 9. The molecular formula is C17H17N5O4. The molecule has 9 heteroatoms. The summed E-state index contributed by atoms with van der Waals surface area (Å²) in [7, 11) is 3.29. The van der Waals surface area contributed by atoms with Gasteiger partial charge in [0, 0.05) is 25.0 Å². The van der Waals surface area contributed by atoms with Crippen molar-refractivity contribution in [2.45, 2.75) is 6.61 Å². The van der Waals surface area contributed by atoms with Gasteiger partial charge in [-0.2, -0.15) is 0 Å². The largest absolute Gasteiger partial charge is 0.497 e. The molecule has 0 aliphatic heterocycles. The van der Waals surface area contributed by atoms with E-state index in [1.54, 1.807) is 61.8 Å². The van der Waals surface area contributed by atoms with Crippen molar-refractivity contribution in [1.82, 2.24) is 20.2 Å². The Morgan fingerprint density at radius 3 is 2.58 bits per heavy atom. The van der Waals surface area contributed by atoms with Crippen molar-refractivity contribution in [3.8, 4) is 17.2 Å². The predicted octanol–water partition coefficient (Wildman–Crippen LogP) is 1.71. The fraction of sp³-hybridized carbons (Fsp3) is 0.235. The van der Waals surface area contributed by atoms with Gasteiger partial charge in [0.15, 0.2) is 6.61 Å². The zero-order valence-electron chi connectivity index (χ0n) is 14.3. The van der Waals surface area contributed by atoms with Gasteiger partial charge < -0.3 is 18.8 Å². The molecule has 0 unspecified atom stereocenters. The van der Waals surface area contributed by atoms with Crippen molar-refractivity contribution in [2.24, 2.45) is 0 Å². The molecule has 0 N–H and O–H groups in total. The van der Waals surface area contributed by atoms with Crippen LogP contribution >= 0.6 is 0 Å². The lowest BCUT2D eigenvalue weighted by Crippen LogP contribution is -2.28. The van der Waals surface area contributed by atoms with Gasteiger partial charge >= 0.3 is 5.97 Å². The van der Waals surface area contributed by atoms with Crippen LogP contribution in [0.4, 0.5) is 5.95 Å². The number of aromatic nitrogens is 4. The van der Waals surface area contributed by atoms with Gasteiger partial charge in [-0.3, -0.25) is 4.79 Å². The van der Waals surface area contributed by atoms with Crippen LogP contribution in [0.25, 0.3) is 11.5 Å². The van der Waals surface area contributed by atoms with Gasteiger partial charge in [-0.15, -0.1) is 10.2 Å². The van der Waals surface area contributed by atoms with Crippen molar-refractivity contribution in [1.29, 1.82) is 0 Å². The Labute approximate surface area is 149 Å². The molecule has 0 saturated heterocycles. The number of carbonyl (C=O) groups excluding carboxylic acids is 1. The zero-order valence-corrected chi connectivity index (χ0v) is 14.3. The van der Waals surface area contributed by atoms with E-state index < -0.39 is 5.97 Å². The van der Waals surface area contributed by atoms with Crippen LogP contribution < -0.4 is 9.64 Å². The number of nitrogens with zero attached hydrogens (tertiary/aromatic N) is 5. The molecule has 2 aromatic heterocycles. The van der Waals surface area contributed by atoms with E-state index in [9.17, 15) is 4.79 Å². The highest BCUT2D eigenvalue weighted by atomic mass is 16.5. The topological polar surface area (TPSA) is 103 Å². The minimum absolute atomic E-state index is 0.00346. The molecule has 2 heterocycles. The fourth-order valence-corrected chi connectivity index (χ4v) is 2.10. The maximum Gasteiger partial charge on any atom is 0.326 e. The summed E-state index contributed by atoms with van der Waals surface area (Å²) in [6, 6.07) is 8.89. The number of hydrogen-bond donors (Lipinski definition) is 0. The maximum absolute atomic E-state index is 11.9. The van der Waals surface area contributed by atoms with E-state index in [1.807, 2.05) is 0 Å². The Morgan fingerprint density at radius 2 is 1.88 bits per heavy atom. The summed E-state index contributed by atoms with van der Waals surface area (Å²) >= 11 is 0. The van der Waals surface area contributed by atoms with Gasteiger partial charge in [-0.1, -0.05) is 0 Å². The molecule has 0 saturated carbocycles. The predicted molar refractivity (Wildman–Crippen MR) is 91.4 cm³/mol. The first-order chi connectivity index (χ1) is 12.7. The number of methoxy groups -OCH3 is 1. The Hall–Kier alpha value is -3.49. The second kappa shape index (κ2) is 8.06. The van der Waals surface area contributed by atoms with Gasteiger partial charge in [0.05, 0.1) is 7.11 Å². The number of likely N-dealkylation sites (N-methyl/N-ethyl adjacent to an activating group) is 1. The van der Waals surface area contributed by atoms with E-state index in [4.69, 9.17) is 13.9 Å². The maximum atomic E-state index is 11.9. The lowest BCUT2D eigenvalue weighted by Gasteiger charge is -2.14. The van der Waals surface area contributed by atoms with Crippen molar-refractivity contribution >= 4 is 11.9 Å². The molecule has 26 heavy (non-hydrogen) atoms. The Morgan fingerprint density at radius 1 is 1.15 bits per heavy atom. The highest BCUT2D eigenvalue weighted by molar-refractivity contribution is 5.74. The normalized spacial score (nSPS) is 10.4. The van der Waals surface area contributed by atoms with E-state index in [-0.39, 0.29) is 19.0 Å². The highest BCUT2D eigenvalue weighted by Crippen LogP contribution is 2.21. The molecule has 0 spiro atoms. The Bertz CT molecular complexity index is 851. The second-order valence-corrected chi connectivity index (χ2v) is 5.29. The molecule has 1 aromatic carbocycles.